The van der Waals surface area contributed by atoms with Gasteiger partial charge in [-0.2, -0.15) is 0 Å². The first kappa shape index (κ1) is 46.2. The van der Waals surface area contributed by atoms with Gasteiger partial charge in [0.15, 0.2) is 18.9 Å². The highest BCUT2D eigenvalue weighted by Gasteiger charge is 2.70. The normalized spacial score (nSPS) is 58.9. The van der Waals surface area contributed by atoms with E-state index in [-0.39, 0.29) is 29.0 Å². The predicted octanol–water partition coefficient (Wildman–Crippen LogP) is -0.214. The monoisotopic (exact) mass is 883 g/mol. The van der Waals surface area contributed by atoms with Gasteiger partial charge in [-0.25, -0.2) is 0 Å². The molecule has 9 rings (SSSR count). The Bertz CT molecular complexity index is 1640. The van der Waals surface area contributed by atoms with Crippen LogP contribution in [0, 0.1) is 46.3 Å². The SMILES string of the molecule is C[C@@H]1CN[C@@]2(O[C@H]3C[C@H]4[C@@H]5CC=C6C[C@H](O[C@H]7O[C@@H](CO)[C@H](O[C@H]8O[C@@H](C)[C@H](O)[C@@H](O)[C@@H]8O[C@H]8O[C@@H](C)[C@H](O)[C@@H](O)[C@@H]8O)[C@@H](O)[C@@H]7O)CC[C@@]6(C)[C@H]5CC[C@]4(C)[C@H]3[C@@H]2C)[C@@H](O)C1. The predicted molar refractivity (Wildman–Crippen MR) is 216 cm³/mol. The standard InChI is InChI=1S/C45H73NO16/c1-18-13-29(48)45(46-16-18)19(2)30-27(62-45)15-26-24-8-7-22-14-23(9-11-43(22,5)25(24)10-12-44(26,30)6)58-41-37(55)35(53)38(28(17-47)59-41)60-42-39(34(52)32(50)21(4)57-42)61-40-36(54)33(51)31(49)20(3)56-40/h7,18-21,23-42,46-55H,8-17H2,1-6H3/t18-,19-,20-,21-,23+,24+,25-,26-,27-,28-,29-,30-,31-,32-,33+,34+,35-,36-,37-,38-,39-,40+,41-,42+,43+,44-,45-/m0/s1. The number of aliphatic hydroxyl groups excluding tert-OH is 9. The zero-order chi connectivity index (χ0) is 44.4. The number of piperidine rings is 1. The maximum absolute atomic E-state index is 11.5. The molecule has 0 amide bonds. The fourth-order valence-corrected chi connectivity index (χ4v) is 14.3. The summed E-state index contributed by atoms with van der Waals surface area (Å²) in [4.78, 5) is 0. The Morgan fingerprint density at radius 2 is 1.35 bits per heavy atom. The molecule has 0 aromatic heterocycles. The number of fused-ring (bicyclic) bond motifs is 7. The maximum Gasteiger partial charge on any atom is 0.187 e. The highest BCUT2D eigenvalue weighted by molar-refractivity contribution is 5.27. The summed E-state index contributed by atoms with van der Waals surface area (Å²) in [6.07, 6.45) is -12.7. The van der Waals surface area contributed by atoms with Crippen molar-refractivity contribution in [2.75, 3.05) is 13.2 Å². The van der Waals surface area contributed by atoms with E-state index in [0.717, 1.165) is 45.1 Å². The van der Waals surface area contributed by atoms with Crippen molar-refractivity contribution in [2.24, 2.45) is 46.3 Å². The number of hydrogen-bond donors (Lipinski definition) is 10. The van der Waals surface area contributed by atoms with Crippen LogP contribution in [-0.4, -0.2) is 175 Å². The van der Waals surface area contributed by atoms with Gasteiger partial charge in [0.05, 0.1) is 37.1 Å². The molecule has 1 spiro atoms. The lowest BCUT2D eigenvalue weighted by atomic mass is 9.46. The van der Waals surface area contributed by atoms with Crippen molar-refractivity contribution in [2.45, 2.75) is 209 Å². The van der Waals surface area contributed by atoms with Crippen LogP contribution in [0.1, 0.15) is 92.9 Å². The summed E-state index contributed by atoms with van der Waals surface area (Å²) >= 11 is 0. The molecule has 0 aromatic carbocycles. The third-order valence-corrected chi connectivity index (χ3v) is 17.9. The number of allylic oxidation sites excluding steroid dienone is 1. The fraction of sp³-hybridized carbons (Fsp3) is 0.956. The van der Waals surface area contributed by atoms with E-state index in [0.29, 0.717) is 42.4 Å². The lowest BCUT2D eigenvalue weighted by molar-refractivity contribution is -0.386. The van der Waals surface area contributed by atoms with Gasteiger partial charge in [-0.15, -0.1) is 0 Å². The Balaban J connectivity index is 0.845. The molecule has 17 heteroatoms. The van der Waals surface area contributed by atoms with E-state index in [4.69, 9.17) is 33.2 Å². The smallest absolute Gasteiger partial charge is 0.187 e. The molecular formula is C45H73NO16. The second-order valence-corrected chi connectivity index (χ2v) is 21.3. The Morgan fingerprint density at radius 3 is 2.06 bits per heavy atom. The van der Waals surface area contributed by atoms with Crippen molar-refractivity contribution in [3.05, 3.63) is 11.6 Å². The molecule has 4 aliphatic carbocycles. The van der Waals surface area contributed by atoms with Crippen LogP contribution in [0.3, 0.4) is 0 Å². The van der Waals surface area contributed by atoms with Crippen molar-refractivity contribution in [3.8, 4) is 0 Å². The average molecular weight is 884 g/mol. The van der Waals surface area contributed by atoms with E-state index >= 15 is 0 Å². The van der Waals surface area contributed by atoms with E-state index in [1.807, 2.05) is 0 Å². The van der Waals surface area contributed by atoms with E-state index < -0.39 is 111 Å². The van der Waals surface area contributed by atoms with Crippen molar-refractivity contribution < 1.29 is 79.1 Å². The molecule has 9 aliphatic rings. The maximum atomic E-state index is 11.5. The topological polar surface area (TPSA) is 259 Å². The number of nitrogens with one attached hydrogen (secondary N) is 1. The largest absolute Gasteiger partial charge is 0.394 e. The second kappa shape index (κ2) is 17.0. The van der Waals surface area contributed by atoms with Gasteiger partial charge in [0, 0.05) is 12.5 Å². The van der Waals surface area contributed by atoms with Crippen LogP contribution in [0.2, 0.25) is 0 Å². The number of rotatable bonds is 7. The summed E-state index contributed by atoms with van der Waals surface area (Å²) in [6, 6.07) is 0. The fourth-order valence-electron chi connectivity index (χ4n) is 14.3. The summed E-state index contributed by atoms with van der Waals surface area (Å²) in [6.45, 7) is 12.6. The summed E-state index contributed by atoms with van der Waals surface area (Å²) in [5.74, 6) is 2.62. The molecule has 0 radical (unpaired) electrons. The Morgan fingerprint density at radius 1 is 0.710 bits per heavy atom. The molecule has 3 saturated carbocycles. The lowest BCUT2D eigenvalue weighted by Gasteiger charge is -2.59. The third kappa shape index (κ3) is 7.31. The van der Waals surface area contributed by atoms with Crippen molar-refractivity contribution in [1.29, 1.82) is 0 Å². The van der Waals surface area contributed by atoms with Crippen LogP contribution in [-0.2, 0) is 33.2 Å². The molecule has 62 heavy (non-hydrogen) atoms. The Hall–Kier alpha value is -0.940. The first-order valence-electron chi connectivity index (χ1n) is 23.4. The highest BCUT2D eigenvalue weighted by atomic mass is 16.8. The van der Waals surface area contributed by atoms with Crippen molar-refractivity contribution in [3.63, 3.8) is 0 Å². The van der Waals surface area contributed by atoms with Gasteiger partial charge in [0.2, 0.25) is 0 Å². The summed E-state index contributed by atoms with van der Waals surface area (Å²) < 4.78 is 42.8. The molecular weight excluding hydrogens is 810 g/mol. The Labute approximate surface area is 364 Å². The second-order valence-electron chi connectivity index (χ2n) is 21.3. The third-order valence-electron chi connectivity index (χ3n) is 17.9. The van der Waals surface area contributed by atoms with Crippen molar-refractivity contribution in [1.82, 2.24) is 5.32 Å². The van der Waals surface area contributed by atoms with E-state index in [1.54, 1.807) is 0 Å². The molecule has 0 unspecified atom stereocenters. The molecule has 0 bridgehead atoms. The van der Waals surface area contributed by atoms with Crippen LogP contribution in [0.25, 0.3) is 0 Å². The van der Waals surface area contributed by atoms with Gasteiger partial charge < -0.3 is 79.1 Å². The van der Waals surface area contributed by atoms with Crippen molar-refractivity contribution >= 4 is 0 Å². The summed E-state index contributed by atoms with van der Waals surface area (Å²) in [5, 5.41) is 101. The first-order chi connectivity index (χ1) is 29.3. The minimum atomic E-state index is -1.74. The molecule has 17 nitrogen and oxygen atoms in total. The zero-order valence-corrected chi connectivity index (χ0v) is 36.9. The first-order valence-corrected chi connectivity index (χ1v) is 23.4. The zero-order valence-electron chi connectivity index (χ0n) is 36.9. The molecule has 10 N–H and O–H groups in total. The van der Waals surface area contributed by atoms with Gasteiger partial charge >= 0.3 is 0 Å². The van der Waals surface area contributed by atoms with E-state index in [1.165, 1.54) is 19.4 Å². The molecule has 27 atom stereocenters. The van der Waals surface area contributed by atoms with Gasteiger partial charge in [-0.1, -0.05) is 39.3 Å². The molecule has 5 heterocycles. The van der Waals surface area contributed by atoms with Crippen LogP contribution in [0.4, 0.5) is 0 Å². The molecule has 0 aromatic rings. The quantitative estimate of drug-likeness (QED) is 0.148. The number of ether oxygens (including phenoxy) is 7. The van der Waals surface area contributed by atoms with Gasteiger partial charge in [0.1, 0.15) is 66.8 Å². The minimum absolute atomic E-state index is 0.00654. The summed E-state index contributed by atoms with van der Waals surface area (Å²) in [5.41, 5.74) is 0.827. The number of hydrogen-bond acceptors (Lipinski definition) is 17. The van der Waals surface area contributed by atoms with Crippen LogP contribution in [0.5, 0.6) is 0 Å². The van der Waals surface area contributed by atoms with Gasteiger partial charge in [0.25, 0.3) is 0 Å². The molecule has 5 aliphatic heterocycles. The Kier molecular flexibility index (Phi) is 12.7. The van der Waals surface area contributed by atoms with Crippen LogP contribution >= 0.6 is 0 Å². The minimum Gasteiger partial charge on any atom is -0.394 e. The molecule has 354 valence electrons. The van der Waals surface area contributed by atoms with Crippen LogP contribution < -0.4 is 5.32 Å². The molecule has 8 fully saturated rings. The highest BCUT2D eigenvalue weighted by Crippen LogP contribution is 2.70. The van der Waals surface area contributed by atoms with Gasteiger partial charge in [-0.3, -0.25) is 5.32 Å². The average Bonchev–Trinajstić information content (AvgIpc) is 3.70. The van der Waals surface area contributed by atoms with E-state index in [9.17, 15) is 46.0 Å². The van der Waals surface area contributed by atoms with Crippen LogP contribution in [0.15, 0.2) is 11.6 Å². The lowest BCUT2D eigenvalue weighted by Crippen LogP contribution is -2.66. The summed E-state index contributed by atoms with van der Waals surface area (Å²) in [7, 11) is 0. The molecule has 5 saturated heterocycles. The van der Waals surface area contributed by atoms with E-state index in [2.05, 4.69) is 39.1 Å². The number of aliphatic hydroxyl groups is 9. The van der Waals surface area contributed by atoms with Gasteiger partial charge in [-0.05, 0) is 106 Å².